The van der Waals surface area contributed by atoms with Gasteiger partial charge in [-0.1, -0.05) is 30.3 Å². The monoisotopic (exact) mass is 368 g/mol. The number of rotatable bonds is 3. The number of anilines is 1. The van der Waals surface area contributed by atoms with Gasteiger partial charge in [-0.05, 0) is 29.8 Å². The Morgan fingerprint density at radius 2 is 1.64 bits per heavy atom. The molecule has 0 spiro atoms. The summed E-state index contributed by atoms with van der Waals surface area (Å²) in [7, 11) is -3.37. The van der Waals surface area contributed by atoms with Gasteiger partial charge in [-0.2, -0.15) is 18.3 Å². The van der Waals surface area contributed by atoms with E-state index in [0.29, 0.717) is 11.3 Å². The molecule has 3 rings (SSSR count). The molecule has 8 heteroatoms. The molecule has 1 aliphatic heterocycles. The number of sulfone groups is 1. The molecule has 4 nitrogen and oxygen atoms in total. The summed E-state index contributed by atoms with van der Waals surface area (Å²) >= 11 is 0. The lowest BCUT2D eigenvalue weighted by molar-refractivity contribution is -0.0600. The Hall–Kier alpha value is -2.35. The maximum absolute atomic E-state index is 13.1. The third kappa shape index (κ3) is 3.68. The molecule has 0 radical (unpaired) electrons. The Balaban J connectivity index is 1.99. The molecule has 132 valence electrons. The van der Waals surface area contributed by atoms with E-state index in [9.17, 15) is 21.6 Å². The number of alkyl halides is 3. The Kier molecular flexibility index (Phi) is 4.32. The maximum Gasteiger partial charge on any atom is 0.431 e. The van der Waals surface area contributed by atoms with Crippen LogP contribution >= 0.6 is 0 Å². The summed E-state index contributed by atoms with van der Waals surface area (Å²) in [6, 6.07) is 13.8. The highest BCUT2D eigenvalue weighted by molar-refractivity contribution is 7.90. The van der Waals surface area contributed by atoms with Crippen molar-refractivity contribution in [3.63, 3.8) is 0 Å². The molecule has 1 atom stereocenters. The molecule has 0 saturated carbocycles. The van der Waals surface area contributed by atoms with E-state index in [2.05, 4.69) is 5.10 Å². The van der Waals surface area contributed by atoms with E-state index in [1.165, 1.54) is 29.3 Å². The summed E-state index contributed by atoms with van der Waals surface area (Å²) in [6.45, 7) is 0. The topological polar surface area (TPSA) is 49.7 Å². The van der Waals surface area contributed by atoms with Crippen LogP contribution in [0.3, 0.4) is 0 Å². The summed E-state index contributed by atoms with van der Waals surface area (Å²) in [4.78, 5) is 0.123. The fourth-order valence-electron chi connectivity index (χ4n) is 2.70. The fourth-order valence-corrected chi connectivity index (χ4v) is 3.33. The predicted octanol–water partition coefficient (Wildman–Crippen LogP) is 3.96. The first kappa shape index (κ1) is 17.5. The predicted molar refractivity (Wildman–Crippen MR) is 89.3 cm³/mol. The standard InChI is InChI=1S/C17H15F3N2O2S/c1-25(23,24)14-9-7-12(8-10-14)15-11-16(17(18,19)20)21-22(15)13-5-3-2-4-6-13/h2-10,15H,11H2,1H3. The maximum atomic E-state index is 13.1. The Labute approximate surface area is 143 Å². The third-order valence-corrected chi connectivity index (χ3v) is 5.08. The number of halogens is 3. The molecule has 2 aromatic carbocycles. The van der Waals surface area contributed by atoms with Crippen LogP contribution in [0.25, 0.3) is 0 Å². The normalized spacial score (nSPS) is 18.3. The van der Waals surface area contributed by atoms with Gasteiger partial charge in [0.05, 0.1) is 16.6 Å². The molecule has 2 aromatic rings. The van der Waals surface area contributed by atoms with Gasteiger partial charge in [0.25, 0.3) is 0 Å². The second kappa shape index (κ2) is 6.18. The van der Waals surface area contributed by atoms with E-state index in [1.807, 2.05) is 0 Å². The molecule has 0 amide bonds. The van der Waals surface area contributed by atoms with E-state index < -0.39 is 27.8 Å². The summed E-state index contributed by atoms with van der Waals surface area (Å²) in [5.74, 6) is 0. The zero-order chi connectivity index (χ0) is 18.2. The smallest absolute Gasteiger partial charge is 0.257 e. The van der Waals surface area contributed by atoms with Gasteiger partial charge in [0.2, 0.25) is 0 Å². The minimum Gasteiger partial charge on any atom is -0.257 e. The highest BCUT2D eigenvalue weighted by atomic mass is 32.2. The number of nitrogens with zero attached hydrogens (tertiary/aromatic N) is 2. The van der Waals surface area contributed by atoms with Crippen molar-refractivity contribution in [3.05, 3.63) is 60.2 Å². The molecule has 1 heterocycles. The molecular formula is C17H15F3N2O2S. The van der Waals surface area contributed by atoms with Crippen LogP contribution in [0.4, 0.5) is 18.9 Å². The lowest BCUT2D eigenvalue weighted by Crippen LogP contribution is -2.21. The number of hydrogen-bond donors (Lipinski definition) is 0. The lowest BCUT2D eigenvalue weighted by atomic mass is 10.0. The lowest BCUT2D eigenvalue weighted by Gasteiger charge is -2.24. The van der Waals surface area contributed by atoms with Crippen molar-refractivity contribution in [2.75, 3.05) is 11.3 Å². The van der Waals surface area contributed by atoms with Crippen LogP contribution in [0.15, 0.2) is 64.6 Å². The number of hydrazone groups is 1. The quantitative estimate of drug-likeness (QED) is 0.824. The SMILES string of the molecule is CS(=O)(=O)c1ccc(C2CC(C(F)(F)F)=NN2c2ccccc2)cc1. The molecule has 1 unspecified atom stereocenters. The molecule has 1 aliphatic rings. The van der Waals surface area contributed by atoms with Crippen LogP contribution in [-0.4, -0.2) is 26.6 Å². The molecule has 0 bridgehead atoms. The fraction of sp³-hybridized carbons (Fsp3) is 0.235. The minimum atomic E-state index is -4.51. The molecule has 25 heavy (non-hydrogen) atoms. The Morgan fingerprint density at radius 3 is 2.16 bits per heavy atom. The van der Waals surface area contributed by atoms with Gasteiger partial charge >= 0.3 is 6.18 Å². The highest BCUT2D eigenvalue weighted by Gasteiger charge is 2.43. The molecule has 0 fully saturated rings. The number of benzene rings is 2. The van der Waals surface area contributed by atoms with Crippen LogP contribution in [0.2, 0.25) is 0 Å². The van der Waals surface area contributed by atoms with Gasteiger partial charge in [-0.15, -0.1) is 0 Å². The molecule has 0 N–H and O–H groups in total. The van der Waals surface area contributed by atoms with Crippen molar-refractivity contribution in [1.29, 1.82) is 0 Å². The minimum absolute atomic E-state index is 0.123. The van der Waals surface area contributed by atoms with E-state index >= 15 is 0 Å². The molecule has 0 aliphatic carbocycles. The summed E-state index contributed by atoms with van der Waals surface area (Å²) in [6.07, 6.45) is -3.72. The second-order valence-electron chi connectivity index (χ2n) is 5.79. The van der Waals surface area contributed by atoms with Crippen molar-refractivity contribution in [1.82, 2.24) is 0 Å². The number of para-hydroxylation sites is 1. The Morgan fingerprint density at radius 1 is 1.04 bits per heavy atom. The largest absolute Gasteiger partial charge is 0.431 e. The number of hydrogen-bond acceptors (Lipinski definition) is 4. The van der Waals surface area contributed by atoms with E-state index in [1.54, 1.807) is 30.3 Å². The second-order valence-corrected chi connectivity index (χ2v) is 7.80. The van der Waals surface area contributed by atoms with Gasteiger partial charge in [-0.25, -0.2) is 8.42 Å². The molecule has 0 aromatic heterocycles. The van der Waals surface area contributed by atoms with Crippen LogP contribution in [0, 0.1) is 0 Å². The van der Waals surface area contributed by atoms with Crippen molar-refractivity contribution >= 4 is 21.2 Å². The van der Waals surface area contributed by atoms with E-state index in [4.69, 9.17) is 0 Å². The average Bonchev–Trinajstić information content (AvgIpc) is 3.00. The van der Waals surface area contributed by atoms with Crippen molar-refractivity contribution in [2.24, 2.45) is 5.10 Å². The molecule has 0 saturated heterocycles. The van der Waals surface area contributed by atoms with Gasteiger partial charge in [0, 0.05) is 12.7 Å². The average molecular weight is 368 g/mol. The Bertz CT molecular complexity index is 892. The zero-order valence-electron chi connectivity index (χ0n) is 13.2. The van der Waals surface area contributed by atoms with Crippen molar-refractivity contribution in [3.8, 4) is 0 Å². The van der Waals surface area contributed by atoms with Crippen LogP contribution in [-0.2, 0) is 9.84 Å². The molecular weight excluding hydrogens is 353 g/mol. The van der Waals surface area contributed by atoms with Gasteiger partial charge < -0.3 is 0 Å². The third-order valence-electron chi connectivity index (χ3n) is 3.95. The van der Waals surface area contributed by atoms with Crippen molar-refractivity contribution < 1.29 is 21.6 Å². The van der Waals surface area contributed by atoms with Crippen LogP contribution in [0.5, 0.6) is 0 Å². The van der Waals surface area contributed by atoms with Crippen LogP contribution < -0.4 is 5.01 Å². The summed E-state index contributed by atoms with van der Waals surface area (Å²) in [5.41, 5.74) is 0.256. The first-order valence-corrected chi connectivity index (χ1v) is 9.34. The van der Waals surface area contributed by atoms with Gasteiger partial charge in [0.15, 0.2) is 9.84 Å². The first-order chi connectivity index (χ1) is 11.7. The summed E-state index contributed by atoms with van der Waals surface area (Å²) < 4.78 is 62.5. The van der Waals surface area contributed by atoms with Gasteiger partial charge in [-0.3, -0.25) is 5.01 Å². The summed E-state index contributed by atoms with van der Waals surface area (Å²) in [5, 5.41) is 5.10. The zero-order valence-corrected chi connectivity index (χ0v) is 14.1. The van der Waals surface area contributed by atoms with Crippen LogP contribution in [0.1, 0.15) is 18.0 Å². The highest BCUT2D eigenvalue weighted by Crippen LogP contribution is 2.39. The van der Waals surface area contributed by atoms with E-state index in [-0.39, 0.29) is 11.3 Å². The van der Waals surface area contributed by atoms with E-state index in [0.717, 1.165) is 6.26 Å². The van der Waals surface area contributed by atoms with Gasteiger partial charge in [0.1, 0.15) is 5.71 Å². The van der Waals surface area contributed by atoms with Crippen molar-refractivity contribution in [2.45, 2.75) is 23.5 Å². The first-order valence-electron chi connectivity index (χ1n) is 7.45.